The molecule has 0 aromatic heterocycles. The first-order chi connectivity index (χ1) is 49.8. The lowest BCUT2D eigenvalue weighted by Gasteiger charge is -2.52. The van der Waals surface area contributed by atoms with Gasteiger partial charge in [-0.15, -0.1) is 0 Å². The first-order valence-electron chi connectivity index (χ1n) is 37.8. The summed E-state index contributed by atoms with van der Waals surface area (Å²) in [6.45, 7) is 1.41. The number of phenolic OH excluding ortho intramolecular Hbond substituents is 2. The van der Waals surface area contributed by atoms with Gasteiger partial charge in [0.2, 0.25) is 0 Å². The Morgan fingerprint density at radius 2 is 1.71 bits per heavy atom. The highest BCUT2D eigenvalue weighted by Gasteiger charge is 2.59. The molecule has 5 aromatic carbocycles. The summed E-state index contributed by atoms with van der Waals surface area (Å²) < 4.78 is 35.1. The molecule has 12 aliphatic rings. The monoisotopic (exact) mass is 1410 g/mol. The van der Waals surface area contributed by atoms with Crippen LogP contribution >= 0.6 is 21.6 Å². The van der Waals surface area contributed by atoms with E-state index >= 15 is 0 Å². The molecule has 6 heterocycles. The summed E-state index contributed by atoms with van der Waals surface area (Å²) in [6.07, 6.45) is 20.4. The van der Waals surface area contributed by atoms with Crippen molar-refractivity contribution in [3.05, 3.63) is 164 Å². The quantitative estimate of drug-likeness (QED) is 0.0289. The SMILES string of the molecule is COCC1C(CO)CNCc2c(O)c3c(c4c2C2C#CC5=C(C=CC(N)N5)C(C5CCC6(Cc7cc(O)cc(OCO)c7-c7ccc8c(c76)OC4C8COC(C)=O)C5)C4(CCCCC4O)c4cccc(c4)C4(CCCC4)C1C#C2)C=CC1NC2CCCC(CSSC(Cc4ccccc4)C1O3)C2. The Morgan fingerprint density at radius 1 is 0.853 bits per heavy atom. The predicted molar refractivity (Wildman–Crippen MR) is 398 cm³/mol. The fraction of sp³-hybridized carbons (Fsp3) is 0.518. The van der Waals surface area contributed by atoms with Gasteiger partial charge in [-0.2, -0.15) is 0 Å². The zero-order valence-electron chi connectivity index (χ0n) is 58.5. The molecule has 6 aliphatic carbocycles. The highest BCUT2D eigenvalue weighted by molar-refractivity contribution is 8.77. The largest absolute Gasteiger partial charge is 0.508 e. The first-order valence-corrected chi connectivity index (χ1v) is 40.2. The molecule has 15 nitrogen and oxygen atoms in total. The molecule has 17 atom stereocenters. The molecule has 534 valence electrons. The minimum Gasteiger partial charge on any atom is -0.508 e. The molecule has 11 bridgehead atoms. The molecule has 10 N–H and O–H groups in total. The maximum atomic E-state index is 14.2. The van der Waals surface area contributed by atoms with Crippen molar-refractivity contribution in [3.63, 3.8) is 0 Å². The van der Waals surface area contributed by atoms with Crippen LogP contribution in [-0.2, 0) is 49.9 Å². The van der Waals surface area contributed by atoms with Crippen LogP contribution < -0.4 is 35.9 Å². The summed E-state index contributed by atoms with van der Waals surface area (Å²) in [7, 11) is 5.58. The summed E-state index contributed by atoms with van der Waals surface area (Å²) >= 11 is 0. The Balaban J connectivity index is 1.02. The number of fused-ring (bicyclic) bond motifs is 18. The number of esters is 1. The third kappa shape index (κ3) is 11.7. The summed E-state index contributed by atoms with van der Waals surface area (Å²) in [5, 5.41) is 74.3. The maximum absolute atomic E-state index is 14.2. The van der Waals surface area contributed by atoms with Crippen molar-refractivity contribution in [1.82, 2.24) is 16.0 Å². The van der Waals surface area contributed by atoms with Crippen LogP contribution in [0.25, 0.3) is 17.2 Å². The first kappa shape index (κ1) is 68.3. The molecule has 3 spiro atoms. The van der Waals surface area contributed by atoms with E-state index in [1.54, 1.807) is 13.2 Å². The van der Waals surface area contributed by atoms with Gasteiger partial charge in [0.15, 0.2) is 18.3 Å². The van der Waals surface area contributed by atoms with Crippen molar-refractivity contribution in [2.24, 2.45) is 41.2 Å². The normalized spacial score (nSPS) is 33.4. The lowest BCUT2D eigenvalue weighted by molar-refractivity contribution is -0.141. The number of aliphatic hydroxyl groups excluding tert-OH is 3. The number of ether oxygens (including phenoxy) is 5. The molecular weight excluding hydrogens is 1320 g/mol. The second kappa shape index (κ2) is 27.9. The van der Waals surface area contributed by atoms with Gasteiger partial charge in [0, 0.05) is 125 Å². The summed E-state index contributed by atoms with van der Waals surface area (Å²) in [5.74, 6) is 15.5. The third-order valence-corrected chi connectivity index (χ3v) is 29.1. The van der Waals surface area contributed by atoms with Gasteiger partial charge in [-0.1, -0.05) is 156 Å². The van der Waals surface area contributed by atoms with Gasteiger partial charge in [-0.25, -0.2) is 0 Å². The molecule has 5 aromatic rings. The van der Waals surface area contributed by atoms with Gasteiger partial charge in [-0.3, -0.25) is 4.79 Å². The zero-order chi connectivity index (χ0) is 69.6. The molecule has 6 aliphatic heterocycles. The fourth-order valence-corrected chi connectivity index (χ4v) is 25.1. The van der Waals surface area contributed by atoms with Crippen LogP contribution in [0.4, 0.5) is 0 Å². The number of allylic oxidation sites excluding steroid dienone is 3. The van der Waals surface area contributed by atoms with Crippen LogP contribution in [0, 0.1) is 59.2 Å². The molecule has 4 saturated carbocycles. The molecule has 102 heavy (non-hydrogen) atoms. The second-order valence-electron chi connectivity index (χ2n) is 31.7. The van der Waals surface area contributed by atoms with Gasteiger partial charge < -0.3 is 70.9 Å². The molecule has 0 amide bonds. The number of methoxy groups -OCH3 is 1. The van der Waals surface area contributed by atoms with E-state index in [0.717, 1.165) is 109 Å². The number of phenols is 2. The number of aliphatic hydroxyl groups is 3. The lowest BCUT2D eigenvalue weighted by Crippen LogP contribution is -2.52. The molecule has 1 saturated heterocycles. The van der Waals surface area contributed by atoms with E-state index in [0.29, 0.717) is 103 Å². The number of dihydropyridines is 1. The number of hydrogen-bond acceptors (Lipinski definition) is 17. The van der Waals surface area contributed by atoms with Gasteiger partial charge >= 0.3 is 5.97 Å². The Bertz CT molecular complexity index is 4320. The van der Waals surface area contributed by atoms with Crippen LogP contribution in [0.1, 0.15) is 177 Å². The smallest absolute Gasteiger partial charge is 0.302 e. The Hall–Kier alpha value is -6.87. The molecule has 17 heteroatoms. The molecule has 17 rings (SSSR count). The van der Waals surface area contributed by atoms with Gasteiger partial charge in [0.1, 0.15) is 42.0 Å². The van der Waals surface area contributed by atoms with Gasteiger partial charge in [0.05, 0.1) is 41.8 Å². The molecular formula is C85H96N4O11S2. The van der Waals surface area contributed by atoms with Crippen LogP contribution in [0.15, 0.2) is 108 Å². The van der Waals surface area contributed by atoms with E-state index in [4.69, 9.17) is 29.4 Å². The van der Waals surface area contributed by atoms with E-state index in [1.165, 1.54) is 24.5 Å². The van der Waals surface area contributed by atoms with Gasteiger partial charge in [-0.05, 0) is 146 Å². The Labute approximate surface area is 607 Å². The number of hydrogen-bond donors (Lipinski definition) is 9. The summed E-state index contributed by atoms with van der Waals surface area (Å²) in [6, 6.07) is 27.6. The van der Waals surface area contributed by atoms with Crippen LogP contribution in [0.3, 0.4) is 0 Å². The Kier molecular flexibility index (Phi) is 18.7. The van der Waals surface area contributed by atoms with Crippen molar-refractivity contribution < 1.29 is 54.0 Å². The average Bonchev–Trinajstić information content (AvgIpc) is 1.48. The highest BCUT2D eigenvalue weighted by atomic mass is 33.1. The predicted octanol–water partition coefficient (Wildman–Crippen LogP) is 12.5. The van der Waals surface area contributed by atoms with Crippen molar-refractivity contribution >= 4 is 33.6 Å². The van der Waals surface area contributed by atoms with Crippen LogP contribution in [-0.4, -0.2) is 113 Å². The van der Waals surface area contributed by atoms with Crippen molar-refractivity contribution in [1.29, 1.82) is 0 Å². The van der Waals surface area contributed by atoms with E-state index in [9.17, 15) is 30.3 Å². The number of benzene rings is 5. The number of carbonyl (C=O) groups excluding carboxylic acids is 1. The van der Waals surface area contributed by atoms with Crippen molar-refractivity contribution in [3.8, 4) is 63.6 Å². The van der Waals surface area contributed by atoms with E-state index in [-0.39, 0.29) is 78.2 Å². The Morgan fingerprint density at radius 3 is 2.53 bits per heavy atom. The molecule has 17 unspecified atom stereocenters. The lowest BCUT2D eigenvalue weighted by atomic mass is 9.53. The fourth-order valence-electron chi connectivity index (χ4n) is 21.8. The van der Waals surface area contributed by atoms with Crippen molar-refractivity contribution in [2.45, 2.75) is 193 Å². The standard InChI is InChI=1S/C85H96N4O11S2/c1-48(92)97-45-65-59-21-22-61-73-53(36-58(93)38-69(73)98-47-91)40-83-33-29-52(39-83)76-60-24-28-72(86)89-67(60)26-20-51-19-25-66(84(30-8-9-31-84)55-15-11-16-56(37-55)85(76)32-7-6-18-71(85)94)64(44-96-2)54(43-90)41-87-42-63-74(51)75(79(65)99-80(59)77(61)83)62-23-27-68-82(100-81(62)78(63)95)70(35-49-12-4-3-5-13-49)102-101-46-50-14-10-17-57(34-50)88-68/h3-5,11-13,15-16,21-24,27-28,36-38,50-52,54,57,64-66,68,70-72,76,79,82,87-91,93-95H,6-10,14,17-18,29-35,39-47,86H2,1-2H3. The van der Waals surface area contributed by atoms with Crippen molar-refractivity contribution in [2.75, 3.05) is 46.0 Å². The van der Waals surface area contributed by atoms with Gasteiger partial charge in [0.25, 0.3) is 0 Å². The number of aromatic hydroxyl groups is 2. The topological polar surface area (TPSA) is 226 Å². The minimum atomic E-state index is -0.962. The van der Waals surface area contributed by atoms with E-state index in [2.05, 4.69) is 125 Å². The van der Waals surface area contributed by atoms with Crippen LogP contribution in [0.5, 0.6) is 28.7 Å². The third-order valence-electron chi connectivity index (χ3n) is 26.2. The minimum absolute atomic E-state index is 0.0328. The summed E-state index contributed by atoms with van der Waals surface area (Å²) in [4.78, 5) is 13.7. The number of carbonyl (C=O) groups is 1. The maximum Gasteiger partial charge on any atom is 0.302 e. The average molecular weight is 1410 g/mol. The second-order valence-corrected chi connectivity index (χ2v) is 34.3. The zero-order valence-corrected chi connectivity index (χ0v) is 60.2. The van der Waals surface area contributed by atoms with E-state index in [1.807, 2.05) is 33.7 Å². The summed E-state index contributed by atoms with van der Waals surface area (Å²) in [5.41, 5.74) is 17.1. The van der Waals surface area contributed by atoms with E-state index < -0.39 is 65.3 Å². The number of nitrogens with two attached hydrogens (primary N) is 1. The number of rotatable bonds is 9. The molecule has 5 fully saturated rings. The number of nitrogens with one attached hydrogen (secondary N) is 3. The van der Waals surface area contributed by atoms with Crippen LogP contribution in [0.2, 0.25) is 0 Å². The molecule has 0 radical (unpaired) electrons. The highest BCUT2D eigenvalue weighted by Crippen LogP contribution is 2.67.